The SMILES string of the molecule is COc1cc(OC)c(N)c(C(=O)Nc2cccc(Cl)n2)c1. The van der Waals surface area contributed by atoms with Gasteiger partial charge in [0.05, 0.1) is 25.5 Å². The van der Waals surface area contributed by atoms with E-state index < -0.39 is 5.91 Å². The zero-order valence-electron chi connectivity index (χ0n) is 11.5. The maximum Gasteiger partial charge on any atom is 0.259 e. The van der Waals surface area contributed by atoms with Crippen LogP contribution in [-0.2, 0) is 0 Å². The van der Waals surface area contributed by atoms with Gasteiger partial charge in [0.15, 0.2) is 0 Å². The van der Waals surface area contributed by atoms with E-state index in [0.717, 1.165) is 0 Å². The Morgan fingerprint density at radius 1 is 1.29 bits per heavy atom. The van der Waals surface area contributed by atoms with Gasteiger partial charge in [0.2, 0.25) is 0 Å². The predicted molar refractivity (Wildman–Crippen MR) is 81.2 cm³/mol. The molecule has 0 aliphatic heterocycles. The Morgan fingerprint density at radius 3 is 2.67 bits per heavy atom. The third kappa shape index (κ3) is 3.35. The second kappa shape index (κ2) is 6.32. The summed E-state index contributed by atoms with van der Waals surface area (Å²) in [7, 11) is 2.95. The number of halogens is 1. The first kappa shape index (κ1) is 14.9. The van der Waals surface area contributed by atoms with Crippen LogP contribution >= 0.6 is 11.6 Å². The van der Waals surface area contributed by atoms with Crippen LogP contribution in [0.15, 0.2) is 30.3 Å². The van der Waals surface area contributed by atoms with E-state index in [-0.39, 0.29) is 16.4 Å². The Labute approximate surface area is 126 Å². The zero-order valence-corrected chi connectivity index (χ0v) is 12.3. The molecule has 110 valence electrons. The summed E-state index contributed by atoms with van der Waals surface area (Å²) in [4.78, 5) is 16.3. The first-order chi connectivity index (χ1) is 10.0. The Morgan fingerprint density at radius 2 is 2.05 bits per heavy atom. The van der Waals surface area contributed by atoms with Crippen molar-refractivity contribution in [3.05, 3.63) is 41.0 Å². The minimum absolute atomic E-state index is 0.220. The fourth-order valence-corrected chi connectivity index (χ4v) is 1.90. The lowest BCUT2D eigenvalue weighted by atomic mass is 10.1. The van der Waals surface area contributed by atoms with Gasteiger partial charge in [-0.25, -0.2) is 4.98 Å². The number of benzene rings is 1. The molecule has 0 spiro atoms. The topological polar surface area (TPSA) is 86.5 Å². The number of methoxy groups -OCH3 is 2. The lowest BCUT2D eigenvalue weighted by Gasteiger charge is -2.12. The molecule has 6 nitrogen and oxygen atoms in total. The van der Waals surface area contributed by atoms with Crippen molar-refractivity contribution in [2.75, 3.05) is 25.3 Å². The molecule has 2 aromatic rings. The van der Waals surface area contributed by atoms with Crippen LogP contribution in [0.3, 0.4) is 0 Å². The van der Waals surface area contributed by atoms with E-state index in [2.05, 4.69) is 10.3 Å². The van der Waals surface area contributed by atoms with Crippen molar-refractivity contribution < 1.29 is 14.3 Å². The fraction of sp³-hybridized carbons (Fsp3) is 0.143. The third-order valence-electron chi connectivity index (χ3n) is 2.77. The fourth-order valence-electron chi connectivity index (χ4n) is 1.74. The van der Waals surface area contributed by atoms with E-state index in [1.807, 2.05) is 0 Å². The molecule has 0 atom stereocenters. The van der Waals surface area contributed by atoms with E-state index in [1.54, 1.807) is 24.3 Å². The Bertz CT molecular complexity index is 677. The molecule has 0 bridgehead atoms. The molecule has 0 saturated heterocycles. The highest BCUT2D eigenvalue weighted by atomic mass is 35.5. The van der Waals surface area contributed by atoms with Gasteiger partial charge in [0, 0.05) is 6.07 Å². The molecule has 0 radical (unpaired) electrons. The van der Waals surface area contributed by atoms with Crippen LogP contribution in [0.25, 0.3) is 0 Å². The summed E-state index contributed by atoms with van der Waals surface area (Å²) in [5.74, 6) is 0.719. The first-order valence-corrected chi connectivity index (χ1v) is 6.38. The van der Waals surface area contributed by atoms with Gasteiger partial charge < -0.3 is 20.5 Å². The molecule has 1 aromatic heterocycles. The van der Waals surface area contributed by atoms with Gasteiger partial charge in [0.25, 0.3) is 5.91 Å². The van der Waals surface area contributed by atoms with Gasteiger partial charge in [-0.05, 0) is 18.2 Å². The summed E-state index contributed by atoms with van der Waals surface area (Å²) in [5, 5.41) is 2.90. The van der Waals surface area contributed by atoms with Gasteiger partial charge >= 0.3 is 0 Å². The van der Waals surface area contributed by atoms with Gasteiger partial charge in [-0.2, -0.15) is 0 Å². The average molecular weight is 308 g/mol. The van der Waals surface area contributed by atoms with E-state index in [4.69, 9.17) is 26.8 Å². The largest absolute Gasteiger partial charge is 0.497 e. The monoisotopic (exact) mass is 307 g/mol. The number of nitrogen functional groups attached to an aromatic ring is 1. The molecule has 0 fully saturated rings. The summed E-state index contributed by atoms with van der Waals surface area (Å²) >= 11 is 5.77. The van der Waals surface area contributed by atoms with Crippen molar-refractivity contribution in [2.24, 2.45) is 0 Å². The standard InChI is InChI=1S/C14H14ClN3O3/c1-20-8-6-9(13(16)10(7-8)21-2)14(19)18-12-5-3-4-11(15)17-12/h3-7H,16H2,1-2H3,(H,17,18,19). The summed E-state index contributed by atoms with van der Waals surface area (Å²) < 4.78 is 10.2. The normalized spacial score (nSPS) is 10.0. The lowest BCUT2D eigenvalue weighted by Crippen LogP contribution is -2.15. The number of aromatic nitrogens is 1. The number of hydrogen-bond acceptors (Lipinski definition) is 5. The minimum Gasteiger partial charge on any atom is -0.497 e. The van der Waals surface area contributed by atoms with Crippen LogP contribution in [0.4, 0.5) is 11.5 Å². The van der Waals surface area contributed by atoms with Crippen molar-refractivity contribution in [1.29, 1.82) is 0 Å². The number of ether oxygens (including phenoxy) is 2. The second-order valence-corrected chi connectivity index (χ2v) is 4.48. The number of rotatable bonds is 4. The molecule has 1 amide bonds. The third-order valence-corrected chi connectivity index (χ3v) is 2.98. The number of hydrogen-bond donors (Lipinski definition) is 2. The number of nitrogens with zero attached hydrogens (tertiary/aromatic N) is 1. The van der Waals surface area contributed by atoms with Crippen molar-refractivity contribution in [3.8, 4) is 11.5 Å². The maximum atomic E-state index is 12.3. The van der Waals surface area contributed by atoms with E-state index in [9.17, 15) is 4.79 Å². The Kier molecular flexibility index (Phi) is 4.49. The van der Waals surface area contributed by atoms with E-state index >= 15 is 0 Å². The van der Waals surface area contributed by atoms with Crippen LogP contribution in [-0.4, -0.2) is 25.1 Å². The molecule has 0 aliphatic carbocycles. The summed E-state index contributed by atoms with van der Waals surface area (Å²) in [5.41, 5.74) is 6.36. The molecule has 21 heavy (non-hydrogen) atoms. The average Bonchev–Trinajstić information content (AvgIpc) is 2.47. The Hall–Kier alpha value is -2.47. The zero-order chi connectivity index (χ0) is 15.4. The molecule has 1 aromatic carbocycles. The molecule has 7 heteroatoms. The molecule has 0 unspecified atom stereocenters. The highest BCUT2D eigenvalue weighted by Gasteiger charge is 2.16. The van der Waals surface area contributed by atoms with Gasteiger partial charge in [-0.3, -0.25) is 4.79 Å². The maximum absolute atomic E-state index is 12.3. The smallest absolute Gasteiger partial charge is 0.259 e. The molecule has 3 N–H and O–H groups in total. The van der Waals surface area contributed by atoms with Crippen LogP contribution in [0.5, 0.6) is 11.5 Å². The van der Waals surface area contributed by atoms with Crippen molar-refractivity contribution >= 4 is 29.0 Å². The van der Waals surface area contributed by atoms with E-state index in [1.165, 1.54) is 20.3 Å². The van der Waals surface area contributed by atoms with E-state index in [0.29, 0.717) is 17.3 Å². The molecular formula is C14H14ClN3O3. The summed E-state index contributed by atoms with van der Waals surface area (Å²) in [6.45, 7) is 0. The number of nitrogens with two attached hydrogens (primary N) is 1. The highest BCUT2D eigenvalue weighted by Crippen LogP contribution is 2.31. The van der Waals surface area contributed by atoms with Crippen molar-refractivity contribution in [1.82, 2.24) is 4.98 Å². The second-order valence-electron chi connectivity index (χ2n) is 4.09. The molecule has 1 heterocycles. The minimum atomic E-state index is -0.431. The van der Waals surface area contributed by atoms with Crippen molar-refractivity contribution in [3.63, 3.8) is 0 Å². The molecule has 0 aliphatic rings. The number of amides is 1. The van der Waals surface area contributed by atoms with Crippen LogP contribution in [0, 0.1) is 0 Å². The molecular weight excluding hydrogens is 294 g/mol. The lowest BCUT2D eigenvalue weighted by molar-refractivity contribution is 0.102. The Balaban J connectivity index is 2.34. The van der Waals surface area contributed by atoms with Gasteiger partial charge in [-0.1, -0.05) is 17.7 Å². The summed E-state index contributed by atoms with van der Waals surface area (Å²) in [6, 6.07) is 8.04. The van der Waals surface area contributed by atoms with Crippen LogP contribution < -0.4 is 20.5 Å². The number of nitrogens with one attached hydrogen (secondary N) is 1. The van der Waals surface area contributed by atoms with Crippen LogP contribution in [0.2, 0.25) is 5.15 Å². The quantitative estimate of drug-likeness (QED) is 0.669. The van der Waals surface area contributed by atoms with Crippen molar-refractivity contribution in [2.45, 2.75) is 0 Å². The number of pyridine rings is 1. The molecule has 0 saturated carbocycles. The van der Waals surface area contributed by atoms with Crippen LogP contribution in [0.1, 0.15) is 10.4 Å². The highest BCUT2D eigenvalue weighted by molar-refractivity contribution is 6.29. The van der Waals surface area contributed by atoms with Gasteiger partial charge in [0.1, 0.15) is 22.5 Å². The molecule has 2 rings (SSSR count). The number of carbonyl (C=O) groups is 1. The number of anilines is 2. The summed E-state index contributed by atoms with van der Waals surface area (Å²) in [6.07, 6.45) is 0. The first-order valence-electron chi connectivity index (χ1n) is 6.00. The van der Waals surface area contributed by atoms with Gasteiger partial charge in [-0.15, -0.1) is 0 Å². The number of carbonyl (C=O) groups excluding carboxylic acids is 1. The predicted octanol–water partition coefficient (Wildman–Crippen LogP) is 2.59.